The van der Waals surface area contributed by atoms with E-state index < -0.39 is 11.4 Å². The Morgan fingerprint density at radius 3 is 2.56 bits per heavy atom. The molecule has 0 fully saturated rings. The predicted molar refractivity (Wildman–Crippen MR) is 67.4 cm³/mol. The van der Waals surface area contributed by atoms with Gasteiger partial charge in [-0.3, -0.25) is 4.79 Å². The normalized spacial score (nSPS) is 16.5. The first-order valence-corrected chi connectivity index (χ1v) is 5.89. The lowest BCUT2D eigenvalue weighted by Gasteiger charge is -2.33. The number of benzene rings is 1. The Bertz CT molecular complexity index is 392. The molecule has 1 aromatic rings. The van der Waals surface area contributed by atoms with Gasteiger partial charge < -0.3 is 10.8 Å². The molecular weight excluding hydrogens is 270 g/mol. The van der Waals surface area contributed by atoms with E-state index in [1.54, 1.807) is 0 Å². The second-order valence-electron chi connectivity index (χ2n) is 4.26. The van der Waals surface area contributed by atoms with Crippen LogP contribution in [-0.4, -0.2) is 17.1 Å². The first kappa shape index (κ1) is 13.2. The monoisotopic (exact) mass is 285 g/mol. The van der Waals surface area contributed by atoms with Gasteiger partial charge in [0.2, 0.25) is 0 Å². The lowest BCUT2D eigenvalue weighted by atomic mass is 9.74. The molecule has 0 aliphatic heterocycles. The number of carboxylic acids is 1. The van der Waals surface area contributed by atoms with Gasteiger partial charge in [0.25, 0.3) is 0 Å². The Kier molecular flexibility index (Phi) is 4.10. The average Bonchev–Trinajstić information content (AvgIpc) is 2.16. The van der Waals surface area contributed by atoms with E-state index in [9.17, 15) is 4.79 Å². The van der Waals surface area contributed by atoms with Crippen molar-refractivity contribution in [2.24, 2.45) is 5.73 Å². The maximum absolute atomic E-state index is 10.9. The van der Waals surface area contributed by atoms with Crippen LogP contribution in [0, 0.1) is 0 Å². The minimum absolute atomic E-state index is 0.0211. The van der Waals surface area contributed by atoms with Gasteiger partial charge >= 0.3 is 5.97 Å². The van der Waals surface area contributed by atoms with Crippen molar-refractivity contribution in [2.45, 2.75) is 31.7 Å². The molecule has 1 rings (SSSR count). The van der Waals surface area contributed by atoms with Gasteiger partial charge in [0.05, 0.1) is 6.42 Å². The van der Waals surface area contributed by atoms with E-state index in [-0.39, 0.29) is 12.5 Å². The summed E-state index contributed by atoms with van der Waals surface area (Å²) in [5.41, 5.74) is 6.31. The van der Waals surface area contributed by atoms with Gasteiger partial charge in [-0.2, -0.15) is 0 Å². The van der Waals surface area contributed by atoms with Crippen molar-refractivity contribution in [2.75, 3.05) is 0 Å². The van der Waals surface area contributed by atoms with E-state index in [4.69, 9.17) is 10.8 Å². The maximum atomic E-state index is 10.9. The fourth-order valence-corrected chi connectivity index (χ4v) is 2.48. The third kappa shape index (κ3) is 2.62. The first-order valence-electron chi connectivity index (χ1n) is 5.10. The molecule has 0 heterocycles. The van der Waals surface area contributed by atoms with Gasteiger partial charge in [-0.05, 0) is 18.6 Å². The molecule has 3 nitrogen and oxygen atoms in total. The highest BCUT2D eigenvalue weighted by atomic mass is 79.9. The number of hydrogen-bond acceptors (Lipinski definition) is 2. The number of hydrogen-bond donors (Lipinski definition) is 2. The fraction of sp³-hybridized carbons (Fsp3) is 0.417. The molecule has 1 aromatic carbocycles. The molecule has 0 bridgehead atoms. The molecule has 4 heteroatoms. The van der Waals surface area contributed by atoms with Crippen LogP contribution >= 0.6 is 15.9 Å². The number of halogens is 1. The number of rotatable bonds is 4. The second-order valence-corrected chi connectivity index (χ2v) is 5.11. The van der Waals surface area contributed by atoms with Crippen molar-refractivity contribution in [3.63, 3.8) is 0 Å². The Labute approximate surface area is 104 Å². The van der Waals surface area contributed by atoms with Crippen LogP contribution in [0.25, 0.3) is 0 Å². The molecule has 0 amide bonds. The highest BCUT2D eigenvalue weighted by Gasteiger charge is 2.34. The molecule has 0 aromatic heterocycles. The van der Waals surface area contributed by atoms with Crippen molar-refractivity contribution in [1.82, 2.24) is 0 Å². The standard InChI is InChI=1S/C12H16BrNO2/c1-8(14)12(2,7-11(15)16)9-5-3-4-6-10(9)13/h3-6,8H,7,14H2,1-2H3,(H,15,16). The van der Waals surface area contributed by atoms with Gasteiger partial charge in [-0.15, -0.1) is 0 Å². The van der Waals surface area contributed by atoms with Crippen LogP contribution in [-0.2, 0) is 10.2 Å². The summed E-state index contributed by atoms with van der Waals surface area (Å²) in [5, 5.41) is 8.98. The van der Waals surface area contributed by atoms with Crippen molar-refractivity contribution < 1.29 is 9.90 Å². The average molecular weight is 286 g/mol. The van der Waals surface area contributed by atoms with Crippen molar-refractivity contribution >= 4 is 21.9 Å². The topological polar surface area (TPSA) is 63.3 Å². The molecule has 2 unspecified atom stereocenters. The number of aliphatic carboxylic acids is 1. The molecule has 0 aliphatic carbocycles. The van der Waals surface area contributed by atoms with Gasteiger partial charge in [0.1, 0.15) is 0 Å². The summed E-state index contributed by atoms with van der Waals surface area (Å²) in [5.74, 6) is -0.837. The maximum Gasteiger partial charge on any atom is 0.304 e. The molecule has 0 spiro atoms. The zero-order valence-electron chi connectivity index (χ0n) is 9.40. The number of carbonyl (C=O) groups is 1. The molecule has 3 N–H and O–H groups in total. The molecule has 0 radical (unpaired) electrons. The van der Waals surface area contributed by atoms with Crippen molar-refractivity contribution in [3.05, 3.63) is 34.3 Å². The summed E-state index contributed by atoms with van der Waals surface area (Å²) in [7, 11) is 0. The Hall–Kier alpha value is -0.870. The number of carboxylic acid groups (broad SMARTS) is 1. The van der Waals surface area contributed by atoms with Crippen LogP contribution in [0.5, 0.6) is 0 Å². The quantitative estimate of drug-likeness (QED) is 0.894. The van der Waals surface area contributed by atoms with Crippen LogP contribution in [0.2, 0.25) is 0 Å². The fourth-order valence-electron chi connectivity index (χ4n) is 1.74. The summed E-state index contributed by atoms with van der Waals surface area (Å²) < 4.78 is 0.899. The van der Waals surface area contributed by atoms with E-state index in [1.807, 2.05) is 38.1 Å². The van der Waals surface area contributed by atoms with Gasteiger partial charge in [-0.1, -0.05) is 41.1 Å². The highest BCUT2D eigenvalue weighted by Crippen LogP contribution is 2.35. The third-order valence-corrected chi connectivity index (χ3v) is 3.70. The summed E-state index contributed by atoms with van der Waals surface area (Å²) in [6, 6.07) is 7.37. The van der Waals surface area contributed by atoms with Crippen LogP contribution < -0.4 is 5.73 Å². The van der Waals surface area contributed by atoms with Crippen LogP contribution in [0.1, 0.15) is 25.8 Å². The van der Waals surface area contributed by atoms with Crippen LogP contribution in [0.4, 0.5) is 0 Å². The lowest BCUT2D eigenvalue weighted by Crippen LogP contribution is -2.42. The van der Waals surface area contributed by atoms with Gasteiger partial charge in [-0.25, -0.2) is 0 Å². The third-order valence-electron chi connectivity index (χ3n) is 3.01. The largest absolute Gasteiger partial charge is 0.481 e. The first-order chi connectivity index (χ1) is 7.38. The second kappa shape index (κ2) is 4.97. The summed E-state index contributed by atoms with van der Waals surface area (Å²) in [6.07, 6.45) is 0.0211. The Morgan fingerprint density at radius 2 is 2.12 bits per heavy atom. The molecule has 0 saturated carbocycles. The van der Waals surface area contributed by atoms with Gasteiger partial charge in [0, 0.05) is 15.9 Å². The zero-order valence-corrected chi connectivity index (χ0v) is 11.0. The smallest absolute Gasteiger partial charge is 0.304 e. The number of nitrogens with two attached hydrogens (primary N) is 1. The van der Waals surface area contributed by atoms with E-state index in [2.05, 4.69) is 15.9 Å². The summed E-state index contributed by atoms with van der Waals surface area (Å²) in [6.45, 7) is 3.72. The van der Waals surface area contributed by atoms with Crippen LogP contribution in [0.3, 0.4) is 0 Å². The zero-order chi connectivity index (χ0) is 12.3. The summed E-state index contributed by atoms with van der Waals surface area (Å²) in [4.78, 5) is 10.9. The van der Waals surface area contributed by atoms with Crippen molar-refractivity contribution in [1.29, 1.82) is 0 Å². The highest BCUT2D eigenvalue weighted by molar-refractivity contribution is 9.10. The molecule has 0 saturated heterocycles. The van der Waals surface area contributed by atoms with E-state index in [0.29, 0.717) is 0 Å². The minimum Gasteiger partial charge on any atom is -0.481 e. The molecule has 2 atom stereocenters. The molecule has 0 aliphatic rings. The molecule has 16 heavy (non-hydrogen) atoms. The predicted octanol–water partition coefficient (Wildman–Crippen LogP) is 2.53. The van der Waals surface area contributed by atoms with Gasteiger partial charge in [0.15, 0.2) is 0 Å². The SMILES string of the molecule is CC(N)C(C)(CC(=O)O)c1ccccc1Br. The molecular formula is C12H16BrNO2. The summed E-state index contributed by atoms with van der Waals surface area (Å²) >= 11 is 3.44. The minimum atomic E-state index is -0.837. The van der Waals surface area contributed by atoms with E-state index in [1.165, 1.54) is 0 Å². The Balaban J connectivity index is 3.21. The van der Waals surface area contributed by atoms with Crippen molar-refractivity contribution in [3.8, 4) is 0 Å². The van der Waals surface area contributed by atoms with E-state index in [0.717, 1.165) is 10.0 Å². The lowest BCUT2D eigenvalue weighted by molar-refractivity contribution is -0.138. The molecule has 88 valence electrons. The van der Waals surface area contributed by atoms with Crippen LogP contribution in [0.15, 0.2) is 28.7 Å². The Morgan fingerprint density at radius 1 is 1.56 bits per heavy atom. The van der Waals surface area contributed by atoms with E-state index >= 15 is 0 Å².